The highest BCUT2D eigenvalue weighted by Crippen LogP contribution is 2.31. The number of benzene rings is 1. The number of hydrogen-bond acceptors (Lipinski definition) is 5. The highest BCUT2D eigenvalue weighted by molar-refractivity contribution is 5.47. The lowest BCUT2D eigenvalue weighted by molar-refractivity contribution is -0.141. The molecule has 0 fully saturated rings. The third-order valence-electron chi connectivity index (χ3n) is 2.87. The van der Waals surface area contributed by atoms with Crippen molar-refractivity contribution < 1.29 is 22.6 Å². The van der Waals surface area contributed by atoms with Gasteiger partial charge in [0.25, 0.3) is 0 Å². The predicted molar refractivity (Wildman–Crippen MR) is 73.9 cm³/mol. The summed E-state index contributed by atoms with van der Waals surface area (Å²) in [5.74, 6) is 0.927. The molecule has 0 aliphatic heterocycles. The standard InChI is InChI=1S/C14H14F3N3O2/c1-21-10-5-3-4-9(12(10)22-2)8-19-13-18-7-6-11(20-13)14(15,16)17/h3-7H,8H2,1-2H3,(H,18,19,20). The summed E-state index contributed by atoms with van der Waals surface area (Å²) in [4.78, 5) is 7.21. The van der Waals surface area contributed by atoms with Gasteiger partial charge in [0.05, 0.1) is 14.2 Å². The maximum atomic E-state index is 12.6. The molecule has 1 N–H and O–H groups in total. The molecule has 1 aromatic carbocycles. The minimum atomic E-state index is -4.51. The average Bonchev–Trinajstić information content (AvgIpc) is 2.51. The van der Waals surface area contributed by atoms with Gasteiger partial charge in [0.15, 0.2) is 11.5 Å². The van der Waals surface area contributed by atoms with Gasteiger partial charge in [0, 0.05) is 18.3 Å². The number of nitrogens with one attached hydrogen (secondary N) is 1. The normalized spacial score (nSPS) is 11.1. The Morgan fingerprint density at radius 3 is 2.55 bits per heavy atom. The number of hydrogen-bond donors (Lipinski definition) is 1. The summed E-state index contributed by atoms with van der Waals surface area (Å²) in [7, 11) is 2.99. The molecular weight excluding hydrogens is 299 g/mol. The Hall–Kier alpha value is -2.51. The Labute approximate surface area is 125 Å². The molecule has 0 saturated heterocycles. The fourth-order valence-corrected chi connectivity index (χ4v) is 1.87. The summed E-state index contributed by atoms with van der Waals surface area (Å²) in [5, 5.41) is 2.74. The number of anilines is 1. The molecule has 0 aliphatic carbocycles. The predicted octanol–water partition coefficient (Wildman–Crippen LogP) is 3.12. The van der Waals surface area contributed by atoms with E-state index in [0.29, 0.717) is 17.1 Å². The molecular formula is C14H14F3N3O2. The van der Waals surface area contributed by atoms with Crippen molar-refractivity contribution in [1.29, 1.82) is 0 Å². The largest absolute Gasteiger partial charge is 0.493 e. The van der Waals surface area contributed by atoms with Gasteiger partial charge in [-0.3, -0.25) is 0 Å². The van der Waals surface area contributed by atoms with Crippen LogP contribution in [0, 0.1) is 0 Å². The summed E-state index contributed by atoms with van der Waals surface area (Å²) >= 11 is 0. The molecule has 8 heteroatoms. The van der Waals surface area contributed by atoms with Gasteiger partial charge in [-0.25, -0.2) is 9.97 Å². The molecule has 1 aromatic heterocycles. The molecule has 0 saturated carbocycles. The summed E-state index contributed by atoms with van der Waals surface area (Å²) in [5.41, 5.74) is -0.287. The van der Waals surface area contributed by atoms with Crippen LogP contribution >= 0.6 is 0 Å². The number of rotatable bonds is 5. The lowest BCUT2D eigenvalue weighted by Gasteiger charge is -2.13. The molecule has 2 aromatic rings. The SMILES string of the molecule is COc1cccc(CNc2nccc(C(F)(F)F)n2)c1OC. The van der Waals surface area contributed by atoms with Crippen molar-refractivity contribution >= 4 is 5.95 Å². The summed E-state index contributed by atoms with van der Waals surface area (Å²) < 4.78 is 48.2. The number of alkyl halides is 3. The number of para-hydroxylation sites is 1. The lowest BCUT2D eigenvalue weighted by Crippen LogP contribution is -2.11. The Balaban J connectivity index is 2.17. The average molecular weight is 313 g/mol. The smallest absolute Gasteiger partial charge is 0.433 e. The van der Waals surface area contributed by atoms with Crippen LogP contribution in [0.25, 0.3) is 0 Å². The van der Waals surface area contributed by atoms with E-state index in [1.54, 1.807) is 18.2 Å². The van der Waals surface area contributed by atoms with Gasteiger partial charge in [-0.15, -0.1) is 0 Å². The second-order valence-electron chi connectivity index (χ2n) is 4.27. The number of halogens is 3. The summed E-state index contributed by atoms with van der Waals surface area (Å²) in [6.45, 7) is 0.196. The first-order valence-electron chi connectivity index (χ1n) is 6.29. The van der Waals surface area contributed by atoms with Crippen LogP contribution in [0.5, 0.6) is 11.5 Å². The molecule has 0 amide bonds. The third-order valence-corrected chi connectivity index (χ3v) is 2.87. The maximum Gasteiger partial charge on any atom is 0.433 e. The molecule has 0 atom stereocenters. The first-order chi connectivity index (χ1) is 10.5. The third kappa shape index (κ3) is 3.57. The fraction of sp³-hybridized carbons (Fsp3) is 0.286. The van der Waals surface area contributed by atoms with Crippen LogP contribution in [-0.4, -0.2) is 24.2 Å². The Morgan fingerprint density at radius 2 is 1.91 bits per heavy atom. The minimum absolute atomic E-state index is 0.111. The van der Waals surface area contributed by atoms with E-state index in [1.165, 1.54) is 14.2 Å². The van der Waals surface area contributed by atoms with E-state index in [1.807, 2.05) is 0 Å². The highest BCUT2D eigenvalue weighted by Gasteiger charge is 2.32. The second kappa shape index (κ2) is 6.50. The van der Waals surface area contributed by atoms with Crippen LogP contribution in [0.15, 0.2) is 30.5 Å². The van der Waals surface area contributed by atoms with E-state index in [4.69, 9.17) is 9.47 Å². The van der Waals surface area contributed by atoms with Crippen molar-refractivity contribution in [1.82, 2.24) is 9.97 Å². The van der Waals surface area contributed by atoms with E-state index in [2.05, 4.69) is 15.3 Å². The number of methoxy groups -OCH3 is 2. The van der Waals surface area contributed by atoms with Crippen molar-refractivity contribution in [3.63, 3.8) is 0 Å². The highest BCUT2D eigenvalue weighted by atomic mass is 19.4. The Morgan fingerprint density at radius 1 is 1.14 bits per heavy atom. The molecule has 0 spiro atoms. The van der Waals surface area contributed by atoms with E-state index in [0.717, 1.165) is 12.3 Å². The van der Waals surface area contributed by atoms with Crippen LogP contribution in [0.4, 0.5) is 19.1 Å². The van der Waals surface area contributed by atoms with E-state index >= 15 is 0 Å². The zero-order chi connectivity index (χ0) is 16.2. The van der Waals surface area contributed by atoms with Gasteiger partial charge in [-0.2, -0.15) is 13.2 Å². The van der Waals surface area contributed by atoms with Gasteiger partial charge >= 0.3 is 6.18 Å². The monoisotopic (exact) mass is 313 g/mol. The van der Waals surface area contributed by atoms with E-state index in [-0.39, 0.29) is 12.5 Å². The van der Waals surface area contributed by atoms with Crippen molar-refractivity contribution in [2.45, 2.75) is 12.7 Å². The fourth-order valence-electron chi connectivity index (χ4n) is 1.87. The number of nitrogens with zero attached hydrogens (tertiary/aromatic N) is 2. The van der Waals surface area contributed by atoms with Crippen molar-refractivity contribution in [3.05, 3.63) is 41.7 Å². The minimum Gasteiger partial charge on any atom is -0.493 e. The van der Waals surface area contributed by atoms with Gasteiger partial charge in [0.2, 0.25) is 5.95 Å². The van der Waals surface area contributed by atoms with Gasteiger partial charge in [0.1, 0.15) is 5.69 Å². The molecule has 0 radical (unpaired) electrons. The van der Waals surface area contributed by atoms with Crippen molar-refractivity contribution in [2.24, 2.45) is 0 Å². The van der Waals surface area contributed by atoms with Crippen LogP contribution in [0.1, 0.15) is 11.3 Å². The molecule has 2 rings (SSSR count). The summed E-state index contributed by atoms with van der Waals surface area (Å²) in [6.07, 6.45) is -3.45. The van der Waals surface area contributed by atoms with Crippen molar-refractivity contribution in [3.8, 4) is 11.5 Å². The Bertz CT molecular complexity index is 647. The van der Waals surface area contributed by atoms with Gasteiger partial charge in [-0.05, 0) is 12.1 Å². The molecule has 5 nitrogen and oxygen atoms in total. The Kier molecular flexibility index (Phi) is 4.69. The molecule has 22 heavy (non-hydrogen) atoms. The van der Waals surface area contributed by atoms with E-state index in [9.17, 15) is 13.2 Å². The topological polar surface area (TPSA) is 56.3 Å². The number of ether oxygens (including phenoxy) is 2. The van der Waals surface area contributed by atoms with Crippen molar-refractivity contribution in [2.75, 3.05) is 19.5 Å². The molecule has 1 heterocycles. The van der Waals surface area contributed by atoms with Gasteiger partial charge in [-0.1, -0.05) is 12.1 Å². The first kappa shape index (κ1) is 15.9. The second-order valence-corrected chi connectivity index (χ2v) is 4.27. The quantitative estimate of drug-likeness (QED) is 0.919. The van der Waals surface area contributed by atoms with Crippen LogP contribution in [0.3, 0.4) is 0 Å². The molecule has 0 bridgehead atoms. The van der Waals surface area contributed by atoms with Gasteiger partial charge < -0.3 is 14.8 Å². The lowest BCUT2D eigenvalue weighted by atomic mass is 10.2. The number of aromatic nitrogens is 2. The van der Waals surface area contributed by atoms with Crippen LogP contribution in [-0.2, 0) is 12.7 Å². The molecule has 0 aliphatic rings. The summed E-state index contributed by atoms with van der Waals surface area (Å²) in [6, 6.07) is 6.06. The zero-order valence-electron chi connectivity index (χ0n) is 11.9. The van der Waals surface area contributed by atoms with Crippen LogP contribution < -0.4 is 14.8 Å². The maximum absolute atomic E-state index is 12.6. The zero-order valence-corrected chi connectivity index (χ0v) is 11.9. The van der Waals surface area contributed by atoms with E-state index < -0.39 is 11.9 Å². The van der Waals surface area contributed by atoms with Crippen LogP contribution in [0.2, 0.25) is 0 Å². The molecule has 0 unspecified atom stereocenters. The first-order valence-corrected chi connectivity index (χ1v) is 6.29. The molecule has 118 valence electrons.